The predicted molar refractivity (Wildman–Crippen MR) is 103 cm³/mol. The van der Waals surface area contributed by atoms with E-state index < -0.39 is 0 Å². The molecule has 2 aromatic rings. The summed E-state index contributed by atoms with van der Waals surface area (Å²) in [4.78, 5) is 12.7. The van der Waals surface area contributed by atoms with E-state index in [1.165, 1.54) is 0 Å². The molecule has 4 rings (SSSR count). The Kier molecular flexibility index (Phi) is 5.20. The van der Waals surface area contributed by atoms with Crippen molar-refractivity contribution in [3.05, 3.63) is 58.6 Å². The lowest BCUT2D eigenvalue weighted by atomic mass is 10.0. The average molecular weight is 388 g/mol. The van der Waals surface area contributed by atoms with Gasteiger partial charge in [0.1, 0.15) is 19.3 Å². The number of hydrogen-bond donors (Lipinski definition) is 3. The monoisotopic (exact) mass is 387 g/mol. The highest BCUT2D eigenvalue weighted by Gasteiger charge is 2.31. The minimum Gasteiger partial charge on any atom is -0.486 e. The second-order valence-electron chi connectivity index (χ2n) is 6.81. The largest absolute Gasteiger partial charge is 0.486 e. The fraction of sp³-hybridized carbons (Fsp3) is 0.350. The summed E-state index contributed by atoms with van der Waals surface area (Å²) in [5, 5.41) is 3.77. The third kappa shape index (κ3) is 4.03. The average Bonchev–Trinajstić information content (AvgIpc) is 3.18. The Morgan fingerprint density at radius 3 is 2.63 bits per heavy atom. The van der Waals surface area contributed by atoms with Gasteiger partial charge < -0.3 is 14.8 Å². The number of benzene rings is 2. The maximum absolute atomic E-state index is 12.7. The van der Waals surface area contributed by atoms with Crippen molar-refractivity contribution >= 4 is 17.5 Å². The minimum atomic E-state index is -0.301. The highest BCUT2D eigenvalue weighted by Crippen LogP contribution is 2.32. The van der Waals surface area contributed by atoms with Gasteiger partial charge in [0, 0.05) is 11.1 Å². The van der Waals surface area contributed by atoms with E-state index in [0.29, 0.717) is 24.7 Å². The summed E-state index contributed by atoms with van der Waals surface area (Å²) < 4.78 is 11.2. The first-order valence-electron chi connectivity index (χ1n) is 9.06. The summed E-state index contributed by atoms with van der Waals surface area (Å²) in [5.41, 5.74) is 8.35. The van der Waals surface area contributed by atoms with Gasteiger partial charge in [0.05, 0.1) is 6.04 Å². The summed E-state index contributed by atoms with van der Waals surface area (Å²) in [6.07, 6.45) is 0.668. The summed E-state index contributed by atoms with van der Waals surface area (Å²) in [6.45, 7) is 3.07. The Balaban J connectivity index is 1.37. The van der Waals surface area contributed by atoms with Crippen LogP contribution in [-0.2, 0) is 4.79 Å². The van der Waals surface area contributed by atoms with Crippen molar-refractivity contribution in [1.29, 1.82) is 0 Å². The van der Waals surface area contributed by atoms with Gasteiger partial charge in [-0.1, -0.05) is 29.8 Å². The van der Waals surface area contributed by atoms with Crippen molar-refractivity contribution < 1.29 is 14.3 Å². The maximum Gasteiger partial charge on any atom is 0.239 e. The quantitative estimate of drug-likeness (QED) is 0.752. The van der Waals surface area contributed by atoms with E-state index in [-0.39, 0.29) is 24.0 Å². The number of nitrogens with one attached hydrogen (secondary N) is 3. The fourth-order valence-corrected chi connectivity index (χ4v) is 3.49. The van der Waals surface area contributed by atoms with Crippen LogP contribution in [0.2, 0.25) is 5.02 Å². The first-order chi connectivity index (χ1) is 13.1. The molecular weight excluding hydrogens is 366 g/mol. The molecule has 0 spiro atoms. The SMILES string of the molecule is CC(NC(=O)C1CC(c2ccc(Cl)cc2)NN1)c1ccc2c(c1)OCCO2. The van der Waals surface area contributed by atoms with E-state index in [9.17, 15) is 4.79 Å². The first-order valence-corrected chi connectivity index (χ1v) is 9.44. The Bertz CT molecular complexity index is 828. The minimum absolute atomic E-state index is 0.0404. The number of carbonyl (C=O) groups excluding carboxylic acids is 1. The molecule has 2 aliphatic rings. The molecule has 0 aliphatic carbocycles. The molecule has 2 aliphatic heterocycles. The summed E-state index contributed by atoms with van der Waals surface area (Å²) in [7, 11) is 0. The molecule has 2 heterocycles. The summed E-state index contributed by atoms with van der Waals surface area (Å²) in [5.74, 6) is 1.43. The zero-order valence-corrected chi connectivity index (χ0v) is 15.8. The van der Waals surface area contributed by atoms with Crippen LogP contribution in [0.15, 0.2) is 42.5 Å². The van der Waals surface area contributed by atoms with Crippen LogP contribution in [0.1, 0.15) is 36.6 Å². The van der Waals surface area contributed by atoms with Crippen LogP contribution in [0.4, 0.5) is 0 Å². The lowest BCUT2D eigenvalue weighted by Crippen LogP contribution is -2.43. The van der Waals surface area contributed by atoms with Crippen LogP contribution in [-0.4, -0.2) is 25.2 Å². The molecule has 1 saturated heterocycles. The van der Waals surface area contributed by atoms with Crippen LogP contribution in [0, 0.1) is 0 Å². The van der Waals surface area contributed by atoms with Crippen LogP contribution in [0.5, 0.6) is 11.5 Å². The van der Waals surface area contributed by atoms with E-state index in [1.54, 1.807) is 0 Å². The number of fused-ring (bicyclic) bond motifs is 1. The highest BCUT2D eigenvalue weighted by atomic mass is 35.5. The molecule has 0 radical (unpaired) electrons. The summed E-state index contributed by atoms with van der Waals surface area (Å²) in [6, 6.07) is 13.1. The fourth-order valence-electron chi connectivity index (χ4n) is 3.37. The Morgan fingerprint density at radius 1 is 1.11 bits per heavy atom. The second kappa shape index (κ2) is 7.76. The standard InChI is InChI=1S/C20H22ClN3O3/c1-12(14-4-7-18-19(10-14)27-9-8-26-18)22-20(25)17-11-16(23-24-17)13-2-5-15(21)6-3-13/h2-7,10,12,16-17,23-24H,8-9,11H2,1H3,(H,22,25). The van der Waals surface area contributed by atoms with Gasteiger partial charge in [0.2, 0.25) is 5.91 Å². The number of amides is 1. The molecule has 0 bridgehead atoms. The maximum atomic E-state index is 12.7. The molecular formula is C20H22ClN3O3. The van der Waals surface area contributed by atoms with Crippen molar-refractivity contribution in [3.63, 3.8) is 0 Å². The molecule has 6 nitrogen and oxygen atoms in total. The lowest BCUT2D eigenvalue weighted by molar-refractivity contribution is -0.123. The van der Waals surface area contributed by atoms with E-state index in [0.717, 1.165) is 22.6 Å². The molecule has 7 heteroatoms. The van der Waals surface area contributed by atoms with Crippen molar-refractivity contribution in [3.8, 4) is 11.5 Å². The molecule has 3 unspecified atom stereocenters. The molecule has 142 valence electrons. The molecule has 2 aromatic carbocycles. The second-order valence-corrected chi connectivity index (χ2v) is 7.25. The van der Waals surface area contributed by atoms with Gasteiger partial charge in [0.25, 0.3) is 0 Å². The molecule has 3 atom stereocenters. The van der Waals surface area contributed by atoms with Crippen molar-refractivity contribution in [2.24, 2.45) is 0 Å². The zero-order valence-electron chi connectivity index (χ0n) is 15.0. The normalized spacial score (nSPS) is 22.3. The third-order valence-corrected chi connectivity index (χ3v) is 5.17. The van der Waals surface area contributed by atoms with Gasteiger partial charge in [-0.05, 0) is 48.7 Å². The number of hydrogen-bond acceptors (Lipinski definition) is 5. The van der Waals surface area contributed by atoms with Gasteiger partial charge in [-0.25, -0.2) is 10.9 Å². The number of rotatable bonds is 4. The van der Waals surface area contributed by atoms with Crippen LogP contribution < -0.4 is 25.6 Å². The van der Waals surface area contributed by atoms with Gasteiger partial charge in [-0.2, -0.15) is 0 Å². The topological polar surface area (TPSA) is 71.6 Å². The molecule has 27 heavy (non-hydrogen) atoms. The smallest absolute Gasteiger partial charge is 0.239 e. The molecule has 0 aromatic heterocycles. The first kappa shape index (κ1) is 18.1. The van der Waals surface area contributed by atoms with E-state index in [1.807, 2.05) is 49.4 Å². The molecule has 3 N–H and O–H groups in total. The number of hydrazine groups is 1. The molecule has 1 amide bonds. The van der Waals surface area contributed by atoms with Gasteiger partial charge in [0.15, 0.2) is 11.5 Å². The van der Waals surface area contributed by atoms with Gasteiger partial charge in [-0.3, -0.25) is 4.79 Å². The number of halogens is 1. The van der Waals surface area contributed by atoms with Crippen LogP contribution in [0.25, 0.3) is 0 Å². The van der Waals surface area contributed by atoms with Gasteiger partial charge in [-0.15, -0.1) is 0 Å². The third-order valence-electron chi connectivity index (χ3n) is 4.92. The predicted octanol–water partition coefficient (Wildman–Crippen LogP) is 2.90. The van der Waals surface area contributed by atoms with E-state index >= 15 is 0 Å². The van der Waals surface area contributed by atoms with E-state index in [4.69, 9.17) is 21.1 Å². The molecule has 1 fully saturated rings. The van der Waals surface area contributed by atoms with Gasteiger partial charge >= 0.3 is 0 Å². The highest BCUT2D eigenvalue weighted by molar-refractivity contribution is 6.30. The van der Waals surface area contributed by atoms with Crippen molar-refractivity contribution in [2.45, 2.75) is 31.5 Å². The van der Waals surface area contributed by atoms with Crippen LogP contribution >= 0.6 is 11.6 Å². The number of carbonyl (C=O) groups is 1. The Labute approximate surface area is 163 Å². The van der Waals surface area contributed by atoms with Crippen molar-refractivity contribution in [2.75, 3.05) is 13.2 Å². The van der Waals surface area contributed by atoms with Crippen LogP contribution in [0.3, 0.4) is 0 Å². The van der Waals surface area contributed by atoms with E-state index in [2.05, 4.69) is 16.2 Å². The lowest BCUT2D eigenvalue weighted by Gasteiger charge is -2.22. The Morgan fingerprint density at radius 2 is 1.85 bits per heavy atom. The van der Waals surface area contributed by atoms with Crippen molar-refractivity contribution in [1.82, 2.24) is 16.2 Å². The number of ether oxygens (including phenoxy) is 2. The Hall–Kier alpha value is -2.28. The summed E-state index contributed by atoms with van der Waals surface area (Å²) >= 11 is 5.94. The molecule has 0 saturated carbocycles. The zero-order chi connectivity index (χ0) is 18.8.